The van der Waals surface area contributed by atoms with Gasteiger partial charge in [0.05, 0.1) is 24.7 Å². The van der Waals surface area contributed by atoms with Crippen molar-refractivity contribution < 1.29 is 32.2 Å². The first-order valence-corrected chi connectivity index (χ1v) is 12.3. The number of carbonyl (C=O) groups is 2. The molecule has 0 aromatic heterocycles. The number of Topliss-reactive ketones (excluding diaryl/α,β-unsaturated/α-hetero) is 1. The van der Waals surface area contributed by atoms with Gasteiger partial charge in [-0.1, -0.05) is 18.2 Å². The van der Waals surface area contributed by atoms with Crippen molar-refractivity contribution in [3.8, 4) is 11.5 Å². The second-order valence-corrected chi connectivity index (χ2v) is 9.47. The number of esters is 1. The van der Waals surface area contributed by atoms with Crippen LogP contribution in [0.15, 0.2) is 89.8 Å². The molecule has 1 N–H and O–H groups in total. The summed E-state index contributed by atoms with van der Waals surface area (Å²) in [5.74, 6) is 0.219. The van der Waals surface area contributed by atoms with Crippen LogP contribution in [0, 0.1) is 0 Å². The van der Waals surface area contributed by atoms with Gasteiger partial charge < -0.3 is 14.2 Å². The number of rotatable bonds is 9. The molecule has 184 valence electrons. The van der Waals surface area contributed by atoms with Crippen LogP contribution in [0.3, 0.4) is 0 Å². The summed E-state index contributed by atoms with van der Waals surface area (Å²) in [6.07, 6.45) is 0. The highest BCUT2D eigenvalue weighted by atomic mass is 32.2. The maximum absolute atomic E-state index is 12.6. The van der Waals surface area contributed by atoms with Gasteiger partial charge in [0, 0.05) is 11.3 Å². The van der Waals surface area contributed by atoms with Crippen LogP contribution >= 0.6 is 0 Å². The van der Waals surface area contributed by atoms with E-state index in [-0.39, 0.29) is 16.2 Å². The molecule has 4 aromatic rings. The summed E-state index contributed by atoms with van der Waals surface area (Å²) in [6, 6.07) is 22.3. The summed E-state index contributed by atoms with van der Waals surface area (Å²) in [6.45, 7) is -0.445. The van der Waals surface area contributed by atoms with E-state index in [1.54, 1.807) is 55.6 Å². The fourth-order valence-electron chi connectivity index (χ4n) is 3.47. The molecule has 0 radical (unpaired) electrons. The lowest BCUT2D eigenvalue weighted by Crippen LogP contribution is -2.15. The fourth-order valence-corrected chi connectivity index (χ4v) is 4.52. The highest BCUT2D eigenvalue weighted by Crippen LogP contribution is 2.23. The van der Waals surface area contributed by atoms with Crippen molar-refractivity contribution in [1.82, 2.24) is 0 Å². The highest BCUT2D eigenvalue weighted by molar-refractivity contribution is 7.92. The molecule has 0 bridgehead atoms. The van der Waals surface area contributed by atoms with E-state index in [2.05, 4.69) is 4.72 Å². The number of ketones is 1. The molecule has 0 amide bonds. The predicted molar refractivity (Wildman–Crippen MR) is 135 cm³/mol. The molecule has 0 saturated heterocycles. The van der Waals surface area contributed by atoms with Gasteiger partial charge in [0.2, 0.25) is 0 Å². The third kappa shape index (κ3) is 5.64. The van der Waals surface area contributed by atoms with E-state index in [4.69, 9.17) is 14.2 Å². The van der Waals surface area contributed by atoms with Gasteiger partial charge in [0.1, 0.15) is 11.5 Å². The van der Waals surface area contributed by atoms with Crippen molar-refractivity contribution in [3.63, 3.8) is 0 Å². The summed E-state index contributed by atoms with van der Waals surface area (Å²) in [4.78, 5) is 24.9. The minimum Gasteiger partial charge on any atom is -0.497 e. The van der Waals surface area contributed by atoms with Crippen LogP contribution in [-0.2, 0) is 14.8 Å². The van der Waals surface area contributed by atoms with E-state index >= 15 is 0 Å². The van der Waals surface area contributed by atoms with Crippen molar-refractivity contribution in [3.05, 3.63) is 96.1 Å². The normalized spacial score (nSPS) is 11.1. The summed E-state index contributed by atoms with van der Waals surface area (Å²) >= 11 is 0. The minimum atomic E-state index is -3.86. The number of methoxy groups -OCH3 is 2. The van der Waals surface area contributed by atoms with Crippen LogP contribution in [0.2, 0.25) is 0 Å². The molecule has 0 unspecified atom stereocenters. The van der Waals surface area contributed by atoms with E-state index in [9.17, 15) is 18.0 Å². The SMILES string of the molecule is COc1ccc(NS(=O)(=O)c2ccc(C(=O)OCC(=O)c3ccc4cc(OC)ccc4c3)cc2)cc1. The van der Waals surface area contributed by atoms with E-state index in [0.717, 1.165) is 10.8 Å². The molecule has 0 saturated carbocycles. The van der Waals surface area contributed by atoms with Crippen molar-refractivity contribution in [2.45, 2.75) is 4.90 Å². The second-order valence-electron chi connectivity index (χ2n) is 7.79. The van der Waals surface area contributed by atoms with E-state index < -0.39 is 22.6 Å². The molecule has 0 spiro atoms. The van der Waals surface area contributed by atoms with Gasteiger partial charge in [-0.15, -0.1) is 0 Å². The highest BCUT2D eigenvalue weighted by Gasteiger charge is 2.17. The molecule has 0 aliphatic rings. The van der Waals surface area contributed by atoms with Crippen LogP contribution in [-0.4, -0.2) is 41.0 Å². The fraction of sp³-hybridized carbons (Fsp3) is 0.111. The molecule has 8 nitrogen and oxygen atoms in total. The van der Waals surface area contributed by atoms with Crippen LogP contribution in [0.1, 0.15) is 20.7 Å². The Morgan fingerprint density at radius 1 is 0.722 bits per heavy atom. The first kappa shape index (κ1) is 24.7. The van der Waals surface area contributed by atoms with Gasteiger partial charge in [-0.2, -0.15) is 0 Å². The molecular formula is C27H23NO7S. The Balaban J connectivity index is 1.38. The largest absolute Gasteiger partial charge is 0.497 e. The third-order valence-corrected chi connectivity index (χ3v) is 6.84. The van der Waals surface area contributed by atoms with Gasteiger partial charge in [0.25, 0.3) is 10.0 Å². The van der Waals surface area contributed by atoms with Gasteiger partial charge in [0.15, 0.2) is 12.4 Å². The number of anilines is 1. The maximum Gasteiger partial charge on any atom is 0.338 e. The third-order valence-electron chi connectivity index (χ3n) is 5.45. The number of nitrogens with one attached hydrogen (secondary N) is 1. The Kier molecular flexibility index (Phi) is 7.21. The zero-order valence-corrected chi connectivity index (χ0v) is 20.4. The number of hydrogen-bond donors (Lipinski definition) is 1. The molecule has 0 fully saturated rings. The standard InChI is InChI=1S/C27H23NO7S/c1-33-23-11-8-22(9-12-23)28-36(31,32)25-13-6-18(7-14-25)27(30)35-17-26(29)21-4-3-20-16-24(34-2)10-5-19(20)15-21/h3-16,28H,17H2,1-2H3. The van der Waals surface area contributed by atoms with Gasteiger partial charge in [-0.25, -0.2) is 13.2 Å². The first-order chi connectivity index (χ1) is 17.3. The zero-order chi connectivity index (χ0) is 25.7. The van der Waals surface area contributed by atoms with Gasteiger partial charge in [-0.05, 0) is 77.5 Å². The van der Waals surface area contributed by atoms with Crippen LogP contribution in [0.4, 0.5) is 5.69 Å². The quantitative estimate of drug-likeness (QED) is 0.260. The second kappa shape index (κ2) is 10.5. The Hall–Kier alpha value is -4.37. The monoisotopic (exact) mass is 505 g/mol. The molecule has 0 aliphatic carbocycles. The van der Waals surface area contributed by atoms with E-state index in [0.29, 0.717) is 22.7 Å². The molecule has 0 aliphatic heterocycles. The number of fused-ring (bicyclic) bond motifs is 1. The molecule has 0 atom stereocenters. The first-order valence-electron chi connectivity index (χ1n) is 10.8. The van der Waals surface area contributed by atoms with Gasteiger partial charge in [-0.3, -0.25) is 9.52 Å². The number of benzene rings is 4. The van der Waals surface area contributed by atoms with Crippen molar-refractivity contribution in [2.24, 2.45) is 0 Å². The molecular weight excluding hydrogens is 482 g/mol. The Labute approximate surface area is 208 Å². The summed E-state index contributed by atoms with van der Waals surface area (Å²) in [7, 11) is -0.765. The molecule has 36 heavy (non-hydrogen) atoms. The summed E-state index contributed by atoms with van der Waals surface area (Å²) in [5.41, 5.74) is 0.897. The Bertz CT molecular complexity index is 1510. The van der Waals surface area contributed by atoms with Crippen molar-refractivity contribution in [2.75, 3.05) is 25.5 Å². The van der Waals surface area contributed by atoms with E-state index in [1.165, 1.54) is 31.4 Å². The van der Waals surface area contributed by atoms with Crippen molar-refractivity contribution in [1.29, 1.82) is 0 Å². The number of hydrogen-bond acceptors (Lipinski definition) is 7. The Morgan fingerprint density at radius 2 is 1.31 bits per heavy atom. The maximum atomic E-state index is 12.6. The number of sulfonamides is 1. The number of ether oxygens (including phenoxy) is 3. The summed E-state index contributed by atoms with van der Waals surface area (Å²) in [5, 5.41) is 1.77. The summed E-state index contributed by atoms with van der Waals surface area (Å²) < 4.78 is 43.1. The lowest BCUT2D eigenvalue weighted by Gasteiger charge is -2.10. The number of carbonyl (C=O) groups excluding carboxylic acids is 2. The average Bonchev–Trinajstić information content (AvgIpc) is 2.91. The Morgan fingerprint density at radius 3 is 1.97 bits per heavy atom. The van der Waals surface area contributed by atoms with Crippen molar-refractivity contribution >= 4 is 38.2 Å². The van der Waals surface area contributed by atoms with Crippen LogP contribution in [0.5, 0.6) is 11.5 Å². The average molecular weight is 506 g/mol. The smallest absolute Gasteiger partial charge is 0.338 e. The van der Waals surface area contributed by atoms with Crippen LogP contribution in [0.25, 0.3) is 10.8 Å². The topological polar surface area (TPSA) is 108 Å². The molecule has 4 aromatic carbocycles. The lowest BCUT2D eigenvalue weighted by molar-refractivity contribution is 0.0474. The molecule has 4 rings (SSSR count). The predicted octanol–water partition coefficient (Wildman–Crippen LogP) is 4.70. The zero-order valence-electron chi connectivity index (χ0n) is 19.6. The lowest BCUT2D eigenvalue weighted by atomic mass is 10.0. The molecule has 9 heteroatoms. The van der Waals surface area contributed by atoms with Crippen LogP contribution < -0.4 is 14.2 Å². The van der Waals surface area contributed by atoms with Gasteiger partial charge >= 0.3 is 5.97 Å². The molecule has 0 heterocycles. The minimum absolute atomic E-state index is 0.0289. The van der Waals surface area contributed by atoms with E-state index in [1.807, 2.05) is 12.1 Å².